The maximum absolute atomic E-state index is 5.38. The Balaban J connectivity index is 1.85. The van der Waals surface area contributed by atoms with Crippen LogP contribution < -0.4 is 20.1 Å². The van der Waals surface area contributed by atoms with Crippen LogP contribution in [0.3, 0.4) is 0 Å². The third kappa shape index (κ3) is 5.41. The van der Waals surface area contributed by atoms with Crippen molar-refractivity contribution in [2.75, 3.05) is 27.8 Å². The fourth-order valence-electron chi connectivity index (χ4n) is 2.61. The highest BCUT2D eigenvalue weighted by molar-refractivity contribution is 5.79. The molecule has 25 heavy (non-hydrogen) atoms. The first-order chi connectivity index (χ1) is 12.2. The molecule has 0 aliphatic rings. The Bertz CT molecular complexity index is 714. The molecule has 0 heterocycles. The van der Waals surface area contributed by atoms with Crippen LogP contribution in [0.15, 0.2) is 47.5 Å². The average molecular weight is 341 g/mol. The minimum Gasteiger partial charge on any atom is -0.496 e. The summed E-state index contributed by atoms with van der Waals surface area (Å²) in [5, 5.41) is 6.65. The number of rotatable bonds is 7. The second-order valence-electron chi connectivity index (χ2n) is 5.72. The van der Waals surface area contributed by atoms with Gasteiger partial charge in [0, 0.05) is 20.1 Å². The molecule has 134 valence electrons. The normalized spacial score (nSPS) is 11.1. The molecule has 0 aliphatic heterocycles. The van der Waals surface area contributed by atoms with E-state index in [0.717, 1.165) is 41.6 Å². The Morgan fingerprint density at radius 2 is 1.76 bits per heavy atom. The molecule has 2 rings (SSSR count). The van der Waals surface area contributed by atoms with Gasteiger partial charge in [0.1, 0.15) is 11.5 Å². The van der Waals surface area contributed by atoms with Gasteiger partial charge in [0.2, 0.25) is 0 Å². The largest absolute Gasteiger partial charge is 0.496 e. The van der Waals surface area contributed by atoms with Crippen molar-refractivity contribution in [1.29, 1.82) is 0 Å². The fraction of sp³-hybridized carbons (Fsp3) is 0.350. The number of guanidine groups is 1. The third-order valence-corrected chi connectivity index (χ3v) is 4.04. The molecule has 2 aromatic carbocycles. The van der Waals surface area contributed by atoms with E-state index >= 15 is 0 Å². The zero-order valence-electron chi connectivity index (χ0n) is 15.4. The predicted octanol–water partition coefficient (Wildman–Crippen LogP) is 2.92. The topological polar surface area (TPSA) is 54.9 Å². The number of methoxy groups -OCH3 is 2. The highest BCUT2D eigenvalue weighted by Crippen LogP contribution is 2.19. The molecule has 0 spiro atoms. The number of para-hydroxylation sites is 1. The molecule has 0 radical (unpaired) electrons. The van der Waals surface area contributed by atoms with Crippen molar-refractivity contribution < 1.29 is 9.47 Å². The van der Waals surface area contributed by atoms with Crippen LogP contribution in [-0.2, 0) is 13.0 Å². The molecule has 0 amide bonds. The lowest BCUT2D eigenvalue weighted by atomic mass is 10.1. The smallest absolute Gasteiger partial charge is 0.191 e. The van der Waals surface area contributed by atoms with E-state index in [9.17, 15) is 0 Å². The molecular formula is C20H27N3O2. The second-order valence-corrected chi connectivity index (χ2v) is 5.72. The SMILES string of the molecule is CN=C(NCCc1ccccc1OC)NCc1ccc(C)c(OC)c1. The Hall–Kier alpha value is -2.69. The van der Waals surface area contributed by atoms with Crippen LogP contribution in [0.25, 0.3) is 0 Å². The molecule has 0 unspecified atom stereocenters. The van der Waals surface area contributed by atoms with Gasteiger partial charge in [-0.15, -0.1) is 0 Å². The standard InChI is InChI=1S/C20H27N3O2/c1-15-9-10-16(13-19(15)25-4)14-23-20(21-2)22-12-11-17-7-5-6-8-18(17)24-3/h5-10,13H,11-12,14H2,1-4H3,(H2,21,22,23). The van der Waals surface area contributed by atoms with Crippen molar-refractivity contribution in [3.05, 3.63) is 59.2 Å². The summed E-state index contributed by atoms with van der Waals surface area (Å²) in [6.45, 7) is 3.50. The van der Waals surface area contributed by atoms with Crippen LogP contribution in [0.1, 0.15) is 16.7 Å². The summed E-state index contributed by atoms with van der Waals surface area (Å²) in [7, 11) is 5.16. The van der Waals surface area contributed by atoms with Crippen LogP contribution in [0.4, 0.5) is 0 Å². The number of nitrogens with one attached hydrogen (secondary N) is 2. The van der Waals surface area contributed by atoms with Gasteiger partial charge in [-0.25, -0.2) is 0 Å². The van der Waals surface area contributed by atoms with Gasteiger partial charge in [0.15, 0.2) is 5.96 Å². The molecular weight excluding hydrogens is 314 g/mol. The third-order valence-electron chi connectivity index (χ3n) is 4.04. The number of benzene rings is 2. The molecule has 0 aliphatic carbocycles. The van der Waals surface area contributed by atoms with E-state index in [1.54, 1.807) is 21.3 Å². The molecule has 0 bridgehead atoms. The van der Waals surface area contributed by atoms with E-state index < -0.39 is 0 Å². The van der Waals surface area contributed by atoms with E-state index in [0.29, 0.717) is 6.54 Å². The van der Waals surface area contributed by atoms with Gasteiger partial charge in [0.25, 0.3) is 0 Å². The maximum atomic E-state index is 5.38. The molecule has 2 aromatic rings. The number of nitrogens with zero attached hydrogens (tertiary/aromatic N) is 1. The van der Waals surface area contributed by atoms with Crippen LogP contribution in [0.2, 0.25) is 0 Å². The van der Waals surface area contributed by atoms with Gasteiger partial charge < -0.3 is 20.1 Å². The van der Waals surface area contributed by atoms with Crippen LogP contribution in [0.5, 0.6) is 11.5 Å². The summed E-state index contributed by atoms with van der Waals surface area (Å²) in [5.41, 5.74) is 3.46. The van der Waals surface area contributed by atoms with Gasteiger partial charge in [-0.1, -0.05) is 30.3 Å². The summed E-state index contributed by atoms with van der Waals surface area (Å²) in [6, 6.07) is 14.3. The van der Waals surface area contributed by atoms with Crippen molar-refractivity contribution >= 4 is 5.96 Å². The Kier molecular flexibility index (Phi) is 7.14. The molecule has 0 fully saturated rings. The van der Waals surface area contributed by atoms with Crippen molar-refractivity contribution in [2.24, 2.45) is 4.99 Å². The lowest BCUT2D eigenvalue weighted by molar-refractivity contribution is 0.409. The zero-order chi connectivity index (χ0) is 18.1. The first kappa shape index (κ1) is 18.6. The number of aliphatic imine (C=N–C) groups is 1. The molecule has 2 N–H and O–H groups in total. The second kappa shape index (κ2) is 9.57. The van der Waals surface area contributed by atoms with Crippen molar-refractivity contribution in [2.45, 2.75) is 19.9 Å². The van der Waals surface area contributed by atoms with Gasteiger partial charge in [0.05, 0.1) is 14.2 Å². The Labute approximate surface area is 150 Å². The van der Waals surface area contributed by atoms with Gasteiger partial charge in [-0.3, -0.25) is 4.99 Å². The molecule has 0 aromatic heterocycles. The monoisotopic (exact) mass is 341 g/mol. The molecule has 0 saturated heterocycles. The minimum absolute atomic E-state index is 0.685. The first-order valence-corrected chi connectivity index (χ1v) is 8.38. The van der Waals surface area contributed by atoms with E-state index in [1.807, 2.05) is 31.2 Å². The Morgan fingerprint density at radius 1 is 1.00 bits per heavy atom. The molecule has 5 heteroatoms. The highest BCUT2D eigenvalue weighted by Gasteiger charge is 2.04. The molecule has 0 saturated carbocycles. The van der Waals surface area contributed by atoms with Gasteiger partial charge in [-0.2, -0.15) is 0 Å². The van der Waals surface area contributed by atoms with Crippen molar-refractivity contribution in [1.82, 2.24) is 10.6 Å². The number of aryl methyl sites for hydroxylation is 1. The number of hydrogen-bond donors (Lipinski definition) is 2. The average Bonchev–Trinajstić information content (AvgIpc) is 2.65. The summed E-state index contributed by atoms with van der Waals surface area (Å²) in [4.78, 5) is 4.27. The highest BCUT2D eigenvalue weighted by atomic mass is 16.5. The number of hydrogen-bond acceptors (Lipinski definition) is 3. The van der Waals surface area contributed by atoms with E-state index in [1.165, 1.54) is 5.56 Å². The van der Waals surface area contributed by atoms with Crippen molar-refractivity contribution in [3.63, 3.8) is 0 Å². The molecule has 5 nitrogen and oxygen atoms in total. The lowest BCUT2D eigenvalue weighted by Gasteiger charge is -2.14. The quantitative estimate of drug-likeness (QED) is 0.601. The summed E-state index contributed by atoms with van der Waals surface area (Å²) in [6.07, 6.45) is 0.864. The first-order valence-electron chi connectivity index (χ1n) is 8.38. The van der Waals surface area contributed by atoms with E-state index in [2.05, 4.69) is 33.8 Å². The van der Waals surface area contributed by atoms with Crippen molar-refractivity contribution in [3.8, 4) is 11.5 Å². The summed E-state index contributed by atoms with van der Waals surface area (Å²) >= 11 is 0. The van der Waals surface area contributed by atoms with Gasteiger partial charge in [-0.05, 0) is 42.2 Å². The Morgan fingerprint density at radius 3 is 2.48 bits per heavy atom. The minimum atomic E-state index is 0.685. The van der Waals surface area contributed by atoms with Crippen LogP contribution >= 0.6 is 0 Å². The van der Waals surface area contributed by atoms with E-state index in [4.69, 9.17) is 9.47 Å². The lowest BCUT2D eigenvalue weighted by Crippen LogP contribution is -2.37. The molecule has 0 atom stereocenters. The maximum Gasteiger partial charge on any atom is 0.191 e. The summed E-state index contributed by atoms with van der Waals surface area (Å²) in [5.74, 6) is 2.59. The number of ether oxygens (including phenoxy) is 2. The fourth-order valence-corrected chi connectivity index (χ4v) is 2.61. The summed E-state index contributed by atoms with van der Waals surface area (Å²) < 4.78 is 10.7. The zero-order valence-corrected chi connectivity index (χ0v) is 15.4. The van der Waals surface area contributed by atoms with Crippen LogP contribution in [-0.4, -0.2) is 33.8 Å². The van der Waals surface area contributed by atoms with Crippen LogP contribution in [0, 0.1) is 6.92 Å². The van der Waals surface area contributed by atoms with E-state index in [-0.39, 0.29) is 0 Å². The predicted molar refractivity (Wildman–Crippen MR) is 103 cm³/mol. The van der Waals surface area contributed by atoms with Gasteiger partial charge >= 0.3 is 0 Å².